The summed E-state index contributed by atoms with van der Waals surface area (Å²) in [6.07, 6.45) is 1.91. The van der Waals surface area contributed by atoms with E-state index in [1.807, 2.05) is 6.92 Å². The van der Waals surface area contributed by atoms with E-state index < -0.39 is 0 Å². The number of unbranched alkanes of at least 4 members (excludes halogenated alkanes) is 1. The minimum atomic E-state index is -0.374. The lowest BCUT2D eigenvalue weighted by Gasteiger charge is -2.03. The molecular weight excluding hydrogens is 142 g/mol. The lowest BCUT2D eigenvalue weighted by Crippen LogP contribution is -2.15. The average Bonchev–Trinajstić information content (AvgIpc) is 2.03. The molecule has 0 amide bonds. The van der Waals surface area contributed by atoms with E-state index in [9.17, 15) is 4.79 Å². The number of carbonyl (C=O) groups is 1. The van der Waals surface area contributed by atoms with Crippen LogP contribution in [0, 0.1) is 0 Å². The highest BCUT2D eigenvalue weighted by Crippen LogP contribution is 1.94. The molecule has 3 nitrogen and oxygen atoms in total. The second-order valence-electron chi connectivity index (χ2n) is 2.30. The van der Waals surface area contributed by atoms with Gasteiger partial charge in [-0.3, -0.25) is 0 Å². The van der Waals surface area contributed by atoms with Crippen LogP contribution in [0.15, 0.2) is 12.2 Å². The summed E-state index contributed by atoms with van der Waals surface area (Å²) in [6, 6.07) is 0. The fourth-order valence-electron chi connectivity index (χ4n) is 0.495. The summed E-state index contributed by atoms with van der Waals surface area (Å²) in [5, 5.41) is 0. The molecule has 0 heterocycles. The van der Waals surface area contributed by atoms with E-state index >= 15 is 0 Å². The molecule has 2 N–H and O–H groups in total. The van der Waals surface area contributed by atoms with Crippen molar-refractivity contribution < 1.29 is 9.53 Å². The molecule has 64 valence electrons. The van der Waals surface area contributed by atoms with Gasteiger partial charge in [-0.15, -0.1) is 0 Å². The molecule has 0 aromatic rings. The van der Waals surface area contributed by atoms with E-state index in [1.54, 1.807) is 0 Å². The van der Waals surface area contributed by atoms with Gasteiger partial charge in [-0.05, 0) is 6.42 Å². The zero-order chi connectivity index (χ0) is 8.69. The van der Waals surface area contributed by atoms with E-state index in [4.69, 9.17) is 10.5 Å². The topological polar surface area (TPSA) is 52.3 Å². The highest BCUT2D eigenvalue weighted by Gasteiger charge is 2.04. The first-order valence-corrected chi connectivity index (χ1v) is 3.77. The number of carbonyl (C=O) groups excluding carboxylic acids is 1. The van der Waals surface area contributed by atoms with Gasteiger partial charge in [0.2, 0.25) is 0 Å². The van der Waals surface area contributed by atoms with Crippen molar-refractivity contribution in [3.63, 3.8) is 0 Å². The molecule has 0 radical (unpaired) electrons. The number of esters is 1. The quantitative estimate of drug-likeness (QED) is 0.365. The van der Waals surface area contributed by atoms with Crippen LogP contribution in [-0.2, 0) is 9.53 Å². The Morgan fingerprint density at radius 1 is 1.64 bits per heavy atom. The third-order valence-electron chi connectivity index (χ3n) is 1.27. The molecule has 0 rings (SSSR count). The van der Waals surface area contributed by atoms with Gasteiger partial charge in [0, 0.05) is 12.1 Å². The van der Waals surface area contributed by atoms with Crippen molar-refractivity contribution in [1.82, 2.24) is 0 Å². The summed E-state index contributed by atoms with van der Waals surface area (Å²) >= 11 is 0. The molecule has 0 aliphatic rings. The first-order valence-electron chi connectivity index (χ1n) is 3.77. The largest absolute Gasteiger partial charge is 0.462 e. The van der Waals surface area contributed by atoms with Crippen molar-refractivity contribution >= 4 is 5.97 Å². The van der Waals surface area contributed by atoms with Crippen LogP contribution >= 0.6 is 0 Å². The monoisotopic (exact) mass is 157 g/mol. The first-order chi connectivity index (χ1) is 5.22. The van der Waals surface area contributed by atoms with E-state index in [0.717, 1.165) is 12.8 Å². The molecule has 0 saturated carbocycles. The number of nitrogens with two attached hydrogens (primary N) is 1. The van der Waals surface area contributed by atoms with Gasteiger partial charge in [-0.2, -0.15) is 0 Å². The zero-order valence-corrected chi connectivity index (χ0v) is 6.93. The molecule has 0 aromatic carbocycles. The predicted octanol–water partition coefficient (Wildman–Crippen LogP) is 0.845. The molecule has 0 spiro atoms. The molecule has 0 bridgehead atoms. The molecule has 0 aliphatic carbocycles. The Balaban J connectivity index is 3.44. The average molecular weight is 157 g/mol. The summed E-state index contributed by atoms with van der Waals surface area (Å²) in [5.41, 5.74) is 5.51. The van der Waals surface area contributed by atoms with Crippen molar-refractivity contribution in [2.45, 2.75) is 19.8 Å². The summed E-state index contributed by atoms with van der Waals surface area (Å²) < 4.78 is 4.82. The third kappa shape index (κ3) is 4.56. The zero-order valence-electron chi connectivity index (χ0n) is 6.93. The van der Waals surface area contributed by atoms with E-state index in [1.165, 1.54) is 0 Å². The van der Waals surface area contributed by atoms with Crippen LogP contribution in [0.25, 0.3) is 0 Å². The summed E-state index contributed by atoms with van der Waals surface area (Å²) in [5.74, 6) is -0.374. The second kappa shape index (κ2) is 5.92. The van der Waals surface area contributed by atoms with Crippen molar-refractivity contribution in [3.8, 4) is 0 Å². The minimum absolute atomic E-state index is 0.172. The summed E-state index contributed by atoms with van der Waals surface area (Å²) in [6.45, 7) is 6.12. The van der Waals surface area contributed by atoms with E-state index in [-0.39, 0.29) is 12.5 Å². The summed E-state index contributed by atoms with van der Waals surface area (Å²) in [7, 11) is 0. The SMILES string of the molecule is C=C(CN)C(=O)OCCCC. The third-order valence-corrected chi connectivity index (χ3v) is 1.27. The maximum atomic E-state index is 10.8. The van der Waals surface area contributed by atoms with Gasteiger partial charge in [0.1, 0.15) is 0 Å². The second-order valence-corrected chi connectivity index (χ2v) is 2.30. The number of rotatable bonds is 5. The Kier molecular flexibility index (Phi) is 5.47. The van der Waals surface area contributed by atoms with Crippen molar-refractivity contribution in [2.24, 2.45) is 5.73 Å². The van der Waals surface area contributed by atoms with Gasteiger partial charge in [0.05, 0.1) is 6.61 Å². The molecule has 11 heavy (non-hydrogen) atoms. The maximum absolute atomic E-state index is 10.8. The van der Waals surface area contributed by atoms with E-state index in [2.05, 4.69) is 6.58 Å². The molecule has 0 saturated heterocycles. The number of ether oxygens (including phenoxy) is 1. The highest BCUT2D eigenvalue weighted by molar-refractivity contribution is 5.88. The van der Waals surface area contributed by atoms with Crippen LogP contribution in [0.3, 0.4) is 0 Å². The van der Waals surface area contributed by atoms with Crippen molar-refractivity contribution in [3.05, 3.63) is 12.2 Å². The highest BCUT2D eigenvalue weighted by atomic mass is 16.5. The van der Waals surface area contributed by atoms with Crippen molar-refractivity contribution in [2.75, 3.05) is 13.2 Å². The number of hydrogen-bond acceptors (Lipinski definition) is 3. The van der Waals surface area contributed by atoms with Gasteiger partial charge in [0.15, 0.2) is 0 Å². The Bertz CT molecular complexity index is 143. The van der Waals surface area contributed by atoms with Gasteiger partial charge >= 0.3 is 5.97 Å². The van der Waals surface area contributed by atoms with E-state index in [0.29, 0.717) is 12.2 Å². The lowest BCUT2D eigenvalue weighted by molar-refractivity contribution is -0.139. The predicted molar refractivity (Wildman–Crippen MR) is 44.1 cm³/mol. The molecule has 0 aliphatic heterocycles. The van der Waals surface area contributed by atoms with Gasteiger partial charge in [-0.1, -0.05) is 19.9 Å². The summed E-state index contributed by atoms with van der Waals surface area (Å²) in [4.78, 5) is 10.8. The molecule has 0 atom stereocenters. The van der Waals surface area contributed by atoms with Crippen LogP contribution in [0.2, 0.25) is 0 Å². The van der Waals surface area contributed by atoms with Crippen LogP contribution < -0.4 is 5.73 Å². The lowest BCUT2D eigenvalue weighted by atomic mass is 10.3. The van der Waals surface area contributed by atoms with Crippen LogP contribution in [0.5, 0.6) is 0 Å². The smallest absolute Gasteiger partial charge is 0.334 e. The molecule has 0 fully saturated rings. The Morgan fingerprint density at radius 2 is 2.27 bits per heavy atom. The maximum Gasteiger partial charge on any atom is 0.334 e. The Labute approximate surface area is 67.2 Å². The molecule has 0 unspecified atom stereocenters. The first kappa shape index (κ1) is 10.2. The fourth-order valence-corrected chi connectivity index (χ4v) is 0.495. The van der Waals surface area contributed by atoms with Gasteiger partial charge < -0.3 is 10.5 Å². The molecule has 3 heteroatoms. The standard InChI is InChI=1S/C8H15NO2/c1-3-4-5-11-8(10)7(2)6-9/h2-6,9H2,1H3. The van der Waals surface area contributed by atoms with Crippen molar-refractivity contribution in [1.29, 1.82) is 0 Å². The van der Waals surface area contributed by atoms with Gasteiger partial charge in [0.25, 0.3) is 0 Å². The minimum Gasteiger partial charge on any atom is -0.462 e. The van der Waals surface area contributed by atoms with Crippen LogP contribution in [0.4, 0.5) is 0 Å². The normalized spacial score (nSPS) is 9.27. The number of hydrogen-bond donors (Lipinski definition) is 1. The fraction of sp³-hybridized carbons (Fsp3) is 0.625. The Morgan fingerprint density at radius 3 is 2.73 bits per heavy atom. The van der Waals surface area contributed by atoms with Gasteiger partial charge in [-0.25, -0.2) is 4.79 Å². The molecule has 0 aromatic heterocycles. The van der Waals surface area contributed by atoms with Crippen LogP contribution in [0.1, 0.15) is 19.8 Å². The Hall–Kier alpha value is -0.830. The van der Waals surface area contributed by atoms with Crippen LogP contribution in [-0.4, -0.2) is 19.1 Å². The molecular formula is C8H15NO2.